The average molecular weight is 345 g/mol. The first-order valence-corrected chi connectivity index (χ1v) is 9.47. The van der Waals surface area contributed by atoms with Crippen LogP contribution < -0.4 is 10.3 Å². The van der Waals surface area contributed by atoms with Crippen molar-refractivity contribution in [1.82, 2.24) is 0 Å². The Morgan fingerprint density at radius 2 is 1.92 bits per heavy atom. The minimum atomic E-state index is -3.36. The number of hydrogen-bond acceptors (Lipinski definition) is 7. The Labute approximate surface area is 142 Å². The van der Waals surface area contributed by atoms with Crippen LogP contribution in [0.3, 0.4) is 0 Å². The molecular formula is C16H19N5O2S. The van der Waals surface area contributed by atoms with Crippen molar-refractivity contribution in [3.63, 3.8) is 0 Å². The molecule has 1 saturated heterocycles. The Morgan fingerprint density at radius 3 is 2.46 bits per heavy atom. The minimum Gasteiger partial charge on any atom is -0.370 e. The number of hydrazone groups is 1. The van der Waals surface area contributed by atoms with Crippen LogP contribution in [0, 0.1) is 28.6 Å². The van der Waals surface area contributed by atoms with Gasteiger partial charge in [0.2, 0.25) is 5.71 Å². The Morgan fingerprint density at radius 1 is 1.29 bits per heavy atom. The average Bonchev–Trinajstić information content (AvgIpc) is 2.55. The summed E-state index contributed by atoms with van der Waals surface area (Å²) in [6.07, 6.45) is 3.20. The fourth-order valence-corrected chi connectivity index (χ4v) is 3.48. The highest BCUT2D eigenvalue weighted by Crippen LogP contribution is 2.31. The van der Waals surface area contributed by atoms with E-state index in [1.54, 1.807) is 24.3 Å². The van der Waals surface area contributed by atoms with Crippen molar-refractivity contribution in [2.75, 3.05) is 29.7 Å². The van der Waals surface area contributed by atoms with E-state index in [9.17, 15) is 8.42 Å². The molecular weight excluding hydrogens is 326 g/mol. The summed E-state index contributed by atoms with van der Waals surface area (Å²) in [5, 5.41) is 21.1. The lowest BCUT2D eigenvalue weighted by Crippen LogP contribution is -2.33. The summed E-state index contributed by atoms with van der Waals surface area (Å²) in [4.78, 5) is 2.33. The molecule has 126 valence electrons. The second-order valence-electron chi connectivity index (χ2n) is 5.92. The van der Waals surface area contributed by atoms with E-state index in [1.807, 2.05) is 0 Å². The van der Waals surface area contributed by atoms with Crippen LogP contribution in [0.15, 0.2) is 28.2 Å². The predicted molar refractivity (Wildman–Crippen MR) is 92.4 cm³/mol. The lowest BCUT2D eigenvalue weighted by molar-refractivity contribution is 0.437. The normalized spacial score (nSPS) is 15.2. The zero-order valence-electron chi connectivity index (χ0n) is 13.7. The molecule has 1 aromatic carbocycles. The first-order valence-electron chi connectivity index (χ1n) is 7.58. The fraction of sp³-hybridized carbons (Fsp3) is 0.438. The van der Waals surface area contributed by atoms with Gasteiger partial charge in [-0.25, -0.2) is 8.42 Å². The van der Waals surface area contributed by atoms with Crippen LogP contribution in [0.2, 0.25) is 0 Å². The number of hydrogen-bond donors (Lipinski definition) is 1. The zero-order chi connectivity index (χ0) is 17.7. The molecule has 0 atom stereocenters. The van der Waals surface area contributed by atoms with Crippen molar-refractivity contribution >= 4 is 26.9 Å². The van der Waals surface area contributed by atoms with Gasteiger partial charge in [-0.2, -0.15) is 15.6 Å². The van der Waals surface area contributed by atoms with E-state index in [4.69, 9.17) is 10.5 Å². The standard InChI is InChI=1S/C16H19N5O2S/c1-12-5-7-21(8-6-12)15-9-13(19-20-14(10-17)11-18)3-4-16(15)24(2,22)23/h3-4,9,12,19H,5-8H2,1-2H3. The molecule has 2 rings (SSSR count). The number of sulfone groups is 1. The van der Waals surface area contributed by atoms with Gasteiger partial charge in [-0.1, -0.05) is 6.92 Å². The number of piperidine rings is 1. The zero-order valence-corrected chi connectivity index (χ0v) is 14.5. The first-order chi connectivity index (χ1) is 11.3. The van der Waals surface area contributed by atoms with Gasteiger partial charge in [0, 0.05) is 19.3 Å². The van der Waals surface area contributed by atoms with Crippen LogP contribution in [-0.2, 0) is 9.84 Å². The van der Waals surface area contributed by atoms with Crippen molar-refractivity contribution in [2.24, 2.45) is 11.0 Å². The van der Waals surface area contributed by atoms with Crippen molar-refractivity contribution in [2.45, 2.75) is 24.7 Å². The molecule has 24 heavy (non-hydrogen) atoms. The molecule has 1 aliphatic heterocycles. The number of nitrogens with one attached hydrogen (secondary N) is 1. The summed E-state index contributed by atoms with van der Waals surface area (Å²) < 4.78 is 24.1. The van der Waals surface area contributed by atoms with Crippen LogP contribution in [0.4, 0.5) is 11.4 Å². The SMILES string of the molecule is CC1CCN(c2cc(NN=C(C#N)C#N)ccc2S(C)(=O)=O)CC1. The molecule has 1 aromatic rings. The molecule has 0 spiro atoms. The Balaban J connectivity index is 2.38. The fourth-order valence-electron chi connectivity index (χ4n) is 2.59. The molecule has 0 aliphatic carbocycles. The third kappa shape index (κ3) is 4.24. The predicted octanol–water partition coefficient (Wildman–Crippen LogP) is 2.14. The largest absolute Gasteiger partial charge is 0.370 e. The Kier molecular flexibility index (Phi) is 5.42. The Hall–Kier alpha value is -2.58. The number of benzene rings is 1. The van der Waals surface area contributed by atoms with Crippen molar-refractivity contribution < 1.29 is 8.42 Å². The monoisotopic (exact) mass is 345 g/mol. The molecule has 0 radical (unpaired) electrons. The second-order valence-corrected chi connectivity index (χ2v) is 7.90. The summed E-state index contributed by atoms with van der Waals surface area (Å²) in [6.45, 7) is 3.77. The van der Waals surface area contributed by atoms with Gasteiger partial charge in [-0.15, -0.1) is 0 Å². The number of rotatable bonds is 4. The molecule has 1 fully saturated rings. The van der Waals surface area contributed by atoms with E-state index < -0.39 is 9.84 Å². The molecule has 1 aliphatic rings. The minimum absolute atomic E-state index is 0.271. The van der Waals surface area contributed by atoms with Crippen molar-refractivity contribution in [3.05, 3.63) is 18.2 Å². The topological polar surface area (TPSA) is 109 Å². The molecule has 1 N–H and O–H groups in total. The van der Waals surface area contributed by atoms with E-state index in [2.05, 4.69) is 22.4 Å². The third-order valence-corrected chi connectivity index (χ3v) is 5.14. The van der Waals surface area contributed by atoms with Crippen molar-refractivity contribution in [1.29, 1.82) is 10.5 Å². The Bertz CT molecular complexity index is 809. The van der Waals surface area contributed by atoms with Gasteiger partial charge >= 0.3 is 0 Å². The lowest BCUT2D eigenvalue weighted by Gasteiger charge is -2.33. The summed E-state index contributed by atoms with van der Waals surface area (Å²) in [7, 11) is -3.36. The highest BCUT2D eigenvalue weighted by molar-refractivity contribution is 7.90. The van der Waals surface area contributed by atoms with Gasteiger partial charge in [0.05, 0.1) is 16.3 Å². The van der Waals surface area contributed by atoms with Gasteiger partial charge in [0.1, 0.15) is 12.1 Å². The molecule has 0 saturated carbocycles. The molecule has 0 amide bonds. The molecule has 1 heterocycles. The van der Waals surface area contributed by atoms with E-state index in [0.29, 0.717) is 17.3 Å². The van der Waals surface area contributed by atoms with Gasteiger partial charge in [-0.05, 0) is 37.0 Å². The maximum Gasteiger partial charge on any atom is 0.237 e. The summed E-state index contributed by atoms with van der Waals surface area (Å²) in [5.41, 5.74) is 3.49. The number of anilines is 2. The summed E-state index contributed by atoms with van der Waals surface area (Å²) in [5.74, 6) is 0.627. The van der Waals surface area contributed by atoms with Crippen LogP contribution in [0.1, 0.15) is 19.8 Å². The number of nitriles is 2. The summed E-state index contributed by atoms with van der Waals surface area (Å²) >= 11 is 0. The molecule has 8 heteroatoms. The van der Waals surface area contributed by atoms with Crippen molar-refractivity contribution in [3.8, 4) is 12.1 Å². The highest BCUT2D eigenvalue weighted by atomic mass is 32.2. The maximum absolute atomic E-state index is 12.1. The van der Waals surface area contributed by atoms with Gasteiger partial charge in [0.25, 0.3) is 0 Å². The van der Waals surface area contributed by atoms with Crippen LogP contribution in [0.25, 0.3) is 0 Å². The van der Waals surface area contributed by atoms with Crippen LogP contribution >= 0.6 is 0 Å². The number of nitrogens with zero attached hydrogens (tertiary/aromatic N) is 4. The molecule has 0 bridgehead atoms. The molecule has 0 unspecified atom stereocenters. The van der Waals surface area contributed by atoms with E-state index in [-0.39, 0.29) is 10.6 Å². The van der Waals surface area contributed by atoms with Gasteiger partial charge in [-0.3, -0.25) is 5.43 Å². The van der Waals surface area contributed by atoms with E-state index in [0.717, 1.165) is 25.9 Å². The van der Waals surface area contributed by atoms with Crippen LogP contribution in [0.5, 0.6) is 0 Å². The molecule has 7 nitrogen and oxygen atoms in total. The van der Waals surface area contributed by atoms with Gasteiger partial charge < -0.3 is 4.90 Å². The first kappa shape index (κ1) is 17.8. The van der Waals surface area contributed by atoms with E-state index in [1.165, 1.54) is 12.3 Å². The van der Waals surface area contributed by atoms with Gasteiger partial charge in [0.15, 0.2) is 9.84 Å². The van der Waals surface area contributed by atoms with Crippen LogP contribution in [-0.4, -0.2) is 33.5 Å². The molecule has 0 aromatic heterocycles. The van der Waals surface area contributed by atoms with E-state index >= 15 is 0 Å². The quantitative estimate of drug-likeness (QED) is 0.661. The highest BCUT2D eigenvalue weighted by Gasteiger charge is 2.22. The smallest absolute Gasteiger partial charge is 0.237 e. The maximum atomic E-state index is 12.1. The second kappa shape index (κ2) is 7.33. The third-order valence-electron chi connectivity index (χ3n) is 3.99. The lowest BCUT2D eigenvalue weighted by atomic mass is 9.99. The summed E-state index contributed by atoms with van der Waals surface area (Å²) in [6, 6.07) is 8.12.